The molecular weight excluding hydrogens is 222 g/mol. The SMILES string of the molecule is NC(CCCc1ccn(C2CCCC2)n1)C1CC1. The van der Waals surface area contributed by atoms with Gasteiger partial charge in [-0.25, -0.2) is 0 Å². The number of aryl methyl sites for hydroxylation is 1. The smallest absolute Gasteiger partial charge is 0.0624 e. The van der Waals surface area contributed by atoms with Crippen LogP contribution in [0.1, 0.15) is 63.1 Å². The second kappa shape index (κ2) is 5.43. The maximum Gasteiger partial charge on any atom is 0.0624 e. The van der Waals surface area contributed by atoms with Crippen molar-refractivity contribution in [3.05, 3.63) is 18.0 Å². The third-order valence-electron chi connectivity index (χ3n) is 4.56. The molecule has 1 heterocycles. The number of hydrogen-bond acceptors (Lipinski definition) is 2. The van der Waals surface area contributed by atoms with Gasteiger partial charge in [-0.3, -0.25) is 4.68 Å². The Bertz CT molecular complexity index is 375. The molecule has 3 heteroatoms. The van der Waals surface area contributed by atoms with Crippen molar-refractivity contribution in [2.75, 3.05) is 0 Å². The minimum absolute atomic E-state index is 0.446. The predicted molar refractivity (Wildman–Crippen MR) is 73.4 cm³/mol. The largest absolute Gasteiger partial charge is 0.327 e. The molecule has 0 amide bonds. The molecule has 100 valence electrons. The van der Waals surface area contributed by atoms with E-state index in [0.717, 1.165) is 12.3 Å². The molecule has 0 aliphatic heterocycles. The van der Waals surface area contributed by atoms with Crippen molar-refractivity contribution < 1.29 is 0 Å². The van der Waals surface area contributed by atoms with Gasteiger partial charge in [0.2, 0.25) is 0 Å². The fourth-order valence-corrected chi connectivity index (χ4v) is 3.16. The Hall–Kier alpha value is -0.830. The maximum atomic E-state index is 6.12. The molecule has 2 aliphatic carbocycles. The lowest BCUT2D eigenvalue weighted by Crippen LogP contribution is -2.22. The van der Waals surface area contributed by atoms with E-state index in [-0.39, 0.29) is 0 Å². The van der Waals surface area contributed by atoms with E-state index in [1.54, 1.807) is 0 Å². The molecule has 1 aromatic heterocycles. The highest BCUT2D eigenvalue weighted by atomic mass is 15.3. The highest BCUT2D eigenvalue weighted by Crippen LogP contribution is 2.33. The molecule has 0 spiro atoms. The molecule has 2 aliphatic rings. The van der Waals surface area contributed by atoms with Crippen molar-refractivity contribution >= 4 is 0 Å². The van der Waals surface area contributed by atoms with Crippen LogP contribution in [0.5, 0.6) is 0 Å². The van der Waals surface area contributed by atoms with Gasteiger partial charge in [0.05, 0.1) is 11.7 Å². The summed E-state index contributed by atoms with van der Waals surface area (Å²) in [6.07, 6.45) is 13.7. The predicted octanol–water partition coefficient (Wildman–Crippen LogP) is 3.06. The number of nitrogens with zero attached hydrogens (tertiary/aromatic N) is 2. The van der Waals surface area contributed by atoms with Gasteiger partial charge in [-0.15, -0.1) is 0 Å². The third-order valence-corrected chi connectivity index (χ3v) is 4.56. The molecule has 0 saturated heterocycles. The van der Waals surface area contributed by atoms with E-state index in [9.17, 15) is 0 Å². The summed E-state index contributed by atoms with van der Waals surface area (Å²) in [5, 5.41) is 4.73. The summed E-state index contributed by atoms with van der Waals surface area (Å²) in [5.74, 6) is 0.834. The Kier molecular flexibility index (Phi) is 3.69. The summed E-state index contributed by atoms with van der Waals surface area (Å²) in [5.41, 5.74) is 7.38. The van der Waals surface area contributed by atoms with Gasteiger partial charge >= 0.3 is 0 Å². The summed E-state index contributed by atoms with van der Waals surface area (Å²) in [6, 6.07) is 3.32. The first-order valence-corrected chi connectivity index (χ1v) is 7.62. The average molecular weight is 247 g/mol. The van der Waals surface area contributed by atoms with Crippen LogP contribution in [0.25, 0.3) is 0 Å². The van der Waals surface area contributed by atoms with E-state index in [1.165, 1.54) is 57.1 Å². The van der Waals surface area contributed by atoms with Crippen molar-refractivity contribution in [1.29, 1.82) is 0 Å². The van der Waals surface area contributed by atoms with Gasteiger partial charge in [0.1, 0.15) is 0 Å². The van der Waals surface area contributed by atoms with E-state index < -0.39 is 0 Å². The maximum absolute atomic E-state index is 6.12. The lowest BCUT2D eigenvalue weighted by atomic mass is 10.1. The summed E-state index contributed by atoms with van der Waals surface area (Å²) in [4.78, 5) is 0. The van der Waals surface area contributed by atoms with Crippen LogP contribution in [0.3, 0.4) is 0 Å². The summed E-state index contributed by atoms with van der Waals surface area (Å²) in [6.45, 7) is 0. The summed E-state index contributed by atoms with van der Waals surface area (Å²) in [7, 11) is 0. The van der Waals surface area contributed by atoms with E-state index in [1.807, 2.05) is 0 Å². The molecule has 1 aromatic rings. The normalized spacial score (nSPS) is 22.5. The van der Waals surface area contributed by atoms with Gasteiger partial charge in [-0.1, -0.05) is 12.8 Å². The molecule has 2 N–H and O–H groups in total. The summed E-state index contributed by atoms with van der Waals surface area (Å²) >= 11 is 0. The Morgan fingerprint density at radius 3 is 2.78 bits per heavy atom. The van der Waals surface area contributed by atoms with Crippen molar-refractivity contribution in [2.24, 2.45) is 11.7 Å². The van der Waals surface area contributed by atoms with E-state index in [2.05, 4.69) is 16.9 Å². The van der Waals surface area contributed by atoms with Crippen LogP contribution in [-0.4, -0.2) is 15.8 Å². The Balaban J connectivity index is 1.44. The fourth-order valence-electron chi connectivity index (χ4n) is 3.16. The Morgan fingerprint density at radius 1 is 1.28 bits per heavy atom. The minimum Gasteiger partial charge on any atom is -0.327 e. The van der Waals surface area contributed by atoms with Crippen LogP contribution in [-0.2, 0) is 6.42 Å². The van der Waals surface area contributed by atoms with Gasteiger partial charge < -0.3 is 5.73 Å². The summed E-state index contributed by atoms with van der Waals surface area (Å²) < 4.78 is 2.20. The second-order valence-electron chi connectivity index (χ2n) is 6.12. The van der Waals surface area contributed by atoms with Gasteiger partial charge in [0.25, 0.3) is 0 Å². The zero-order valence-electron chi connectivity index (χ0n) is 11.2. The topological polar surface area (TPSA) is 43.8 Å². The molecule has 3 nitrogen and oxygen atoms in total. The molecule has 2 fully saturated rings. The molecule has 1 unspecified atom stereocenters. The Morgan fingerprint density at radius 2 is 2.06 bits per heavy atom. The van der Waals surface area contributed by atoms with Crippen molar-refractivity contribution in [2.45, 2.75) is 69.9 Å². The number of aromatic nitrogens is 2. The second-order valence-corrected chi connectivity index (χ2v) is 6.12. The van der Waals surface area contributed by atoms with Gasteiger partial charge in [0.15, 0.2) is 0 Å². The first-order valence-electron chi connectivity index (χ1n) is 7.62. The van der Waals surface area contributed by atoms with Crippen LogP contribution in [0, 0.1) is 5.92 Å². The molecule has 0 aromatic carbocycles. The molecule has 3 rings (SSSR count). The molecule has 18 heavy (non-hydrogen) atoms. The van der Waals surface area contributed by atoms with Crippen molar-refractivity contribution in [1.82, 2.24) is 9.78 Å². The third kappa shape index (κ3) is 2.94. The van der Waals surface area contributed by atoms with Gasteiger partial charge in [0, 0.05) is 12.2 Å². The minimum atomic E-state index is 0.446. The van der Waals surface area contributed by atoms with Gasteiger partial charge in [-0.2, -0.15) is 5.10 Å². The van der Waals surface area contributed by atoms with Crippen molar-refractivity contribution in [3.8, 4) is 0 Å². The zero-order valence-corrected chi connectivity index (χ0v) is 11.2. The number of rotatable bonds is 6. The van der Waals surface area contributed by atoms with E-state index in [0.29, 0.717) is 12.1 Å². The average Bonchev–Trinajstić information content (AvgIpc) is 2.90. The zero-order chi connectivity index (χ0) is 12.4. The molecule has 1 atom stereocenters. The first-order chi connectivity index (χ1) is 8.83. The standard InChI is InChI=1S/C15H25N3/c16-15(12-8-9-12)7-3-4-13-10-11-18(17-13)14-5-1-2-6-14/h10-12,14-15H,1-9,16H2. The van der Waals surface area contributed by atoms with Crippen LogP contribution in [0.2, 0.25) is 0 Å². The first kappa shape index (κ1) is 12.2. The van der Waals surface area contributed by atoms with Gasteiger partial charge in [-0.05, 0) is 56.9 Å². The van der Waals surface area contributed by atoms with Crippen LogP contribution in [0.4, 0.5) is 0 Å². The van der Waals surface area contributed by atoms with Crippen LogP contribution < -0.4 is 5.73 Å². The molecule has 0 radical (unpaired) electrons. The molecule has 2 saturated carbocycles. The lowest BCUT2D eigenvalue weighted by molar-refractivity contribution is 0.460. The lowest BCUT2D eigenvalue weighted by Gasteiger charge is -2.10. The Labute approximate surface area is 110 Å². The monoisotopic (exact) mass is 247 g/mol. The van der Waals surface area contributed by atoms with E-state index >= 15 is 0 Å². The molecular formula is C15H25N3. The fraction of sp³-hybridized carbons (Fsp3) is 0.800. The van der Waals surface area contributed by atoms with Crippen LogP contribution in [0.15, 0.2) is 12.3 Å². The number of hydrogen-bond donors (Lipinski definition) is 1. The highest BCUT2D eigenvalue weighted by molar-refractivity contribution is 5.00. The molecule has 0 bridgehead atoms. The number of nitrogens with two attached hydrogens (primary N) is 1. The van der Waals surface area contributed by atoms with E-state index in [4.69, 9.17) is 10.8 Å². The quantitative estimate of drug-likeness (QED) is 0.839. The van der Waals surface area contributed by atoms with Crippen molar-refractivity contribution in [3.63, 3.8) is 0 Å². The highest BCUT2D eigenvalue weighted by Gasteiger charge is 2.27. The van der Waals surface area contributed by atoms with Crippen LogP contribution >= 0.6 is 0 Å².